The summed E-state index contributed by atoms with van der Waals surface area (Å²) in [7, 11) is 0. The number of aromatic nitrogens is 4. The van der Waals surface area contributed by atoms with E-state index >= 15 is 0 Å². The van der Waals surface area contributed by atoms with Crippen LogP contribution >= 0.6 is 0 Å². The van der Waals surface area contributed by atoms with Crippen molar-refractivity contribution in [3.05, 3.63) is 24.0 Å². The molecule has 1 N–H and O–H groups in total. The molecular weight excluding hydrogens is 228 g/mol. The molecule has 0 saturated heterocycles. The molecule has 3 rings (SSSR count). The first-order valence-electron chi connectivity index (χ1n) is 4.66. The second-order valence-electron chi connectivity index (χ2n) is 3.40. The number of rotatable bonds is 2. The Morgan fingerprint density at radius 2 is 2.24 bits per heavy atom. The fourth-order valence-corrected chi connectivity index (χ4v) is 1.43. The average molecular weight is 234 g/mol. The Hall–Kier alpha value is -2.64. The van der Waals surface area contributed by atoms with Gasteiger partial charge in [-0.15, -0.1) is 0 Å². The predicted octanol–water partition coefficient (Wildman–Crippen LogP) is 0.984. The molecule has 3 heterocycles. The molecule has 86 valence electrons. The van der Waals surface area contributed by atoms with Gasteiger partial charge in [-0.3, -0.25) is 4.40 Å². The zero-order chi connectivity index (χ0) is 12.0. The third-order valence-electron chi connectivity index (χ3n) is 2.11. The predicted molar refractivity (Wildman–Crippen MR) is 52.4 cm³/mol. The van der Waals surface area contributed by atoms with E-state index in [-0.39, 0.29) is 5.82 Å². The van der Waals surface area contributed by atoms with E-state index < -0.39 is 11.9 Å². The Morgan fingerprint density at radius 1 is 1.41 bits per heavy atom. The monoisotopic (exact) mass is 234 g/mol. The van der Waals surface area contributed by atoms with E-state index in [0.29, 0.717) is 11.6 Å². The van der Waals surface area contributed by atoms with Gasteiger partial charge in [0.05, 0.1) is 11.9 Å². The van der Waals surface area contributed by atoms with E-state index in [0.717, 1.165) is 5.69 Å². The summed E-state index contributed by atoms with van der Waals surface area (Å²) in [5.74, 6) is -1.00. The van der Waals surface area contributed by atoms with Crippen LogP contribution in [0, 0.1) is 6.92 Å². The van der Waals surface area contributed by atoms with E-state index in [1.807, 2.05) is 6.92 Å². The zero-order valence-corrected chi connectivity index (χ0v) is 8.62. The molecule has 0 amide bonds. The van der Waals surface area contributed by atoms with Crippen LogP contribution in [0.2, 0.25) is 0 Å². The molecule has 0 fully saturated rings. The number of hydrogen-bond donors (Lipinski definition) is 1. The lowest BCUT2D eigenvalue weighted by atomic mass is 10.5. The number of nitrogens with zero attached hydrogens (tertiary/aromatic N) is 4. The van der Waals surface area contributed by atoms with Crippen molar-refractivity contribution in [1.82, 2.24) is 19.5 Å². The third-order valence-corrected chi connectivity index (χ3v) is 2.11. The fourth-order valence-electron chi connectivity index (χ4n) is 1.43. The molecule has 0 atom stereocenters. The van der Waals surface area contributed by atoms with Crippen LogP contribution in [-0.2, 0) is 0 Å². The minimum Gasteiger partial charge on any atom is -0.474 e. The van der Waals surface area contributed by atoms with Crippen LogP contribution in [0.1, 0.15) is 16.4 Å². The molecule has 0 aliphatic rings. The van der Waals surface area contributed by atoms with E-state index in [2.05, 4.69) is 19.6 Å². The molecule has 8 nitrogen and oxygen atoms in total. The number of aryl methyl sites for hydroxylation is 1. The Bertz CT molecular complexity index is 676. The summed E-state index contributed by atoms with van der Waals surface area (Å²) in [5.41, 5.74) is 0.814. The first-order chi connectivity index (χ1) is 8.13. The number of imidazole rings is 1. The van der Waals surface area contributed by atoms with E-state index in [4.69, 9.17) is 9.52 Å². The van der Waals surface area contributed by atoms with Crippen LogP contribution in [0.5, 0.6) is 0 Å². The number of hydrogen-bond acceptors (Lipinski definition) is 6. The van der Waals surface area contributed by atoms with Crippen LogP contribution in [0.3, 0.4) is 0 Å². The van der Waals surface area contributed by atoms with Gasteiger partial charge in [-0.25, -0.2) is 4.79 Å². The van der Waals surface area contributed by atoms with Crippen molar-refractivity contribution in [3.63, 3.8) is 0 Å². The quantitative estimate of drug-likeness (QED) is 0.704. The van der Waals surface area contributed by atoms with Gasteiger partial charge in [-0.1, -0.05) is 5.16 Å². The van der Waals surface area contributed by atoms with Crippen molar-refractivity contribution in [2.45, 2.75) is 6.92 Å². The second-order valence-corrected chi connectivity index (χ2v) is 3.40. The molecule has 0 radical (unpaired) electrons. The summed E-state index contributed by atoms with van der Waals surface area (Å²) in [6, 6.07) is 0. The van der Waals surface area contributed by atoms with Crippen molar-refractivity contribution in [3.8, 4) is 11.6 Å². The van der Waals surface area contributed by atoms with Gasteiger partial charge in [-0.2, -0.15) is 9.97 Å². The normalized spacial score (nSPS) is 11.1. The van der Waals surface area contributed by atoms with Crippen molar-refractivity contribution in [1.29, 1.82) is 0 Å². The summed E-state index contributed by atoms with van der Waals surface area (Å²) in [5, 5.41) is 12.1. The Morgan fingerprint density at radius 3 is 2.88 bits per heavy atom. The molecule has 0 spiro atoms. The third kappa shape index (κ3) is 1.46. The second kappa shape index (κ2) is 3.17. The summed E-state index contributed by atoms with van der Waals surface area (Å²) in [4.78, 5) is 18.3. The topological polar surface area (TPSA) is 107 Å². The maximum atomic E-state index is 10.6. The molecule has 3 aromatic heterocycles. The van der Waals surface area contributed by atoms with E-state index in [1.165, 1.54) is 0 Å². The summed E-state index contributed by atoms with van der Waals surface area (Å²) in [6.07, 6.45) is 3.37. The molecule has 0 aromatic carbocycles. The molecular formula is C9H6N4O4. The number of carbonyl (C=O) groups is 1. The summed E-state index contributed by atoms with van der Waals surface area (Å²) < 4.78 is 11.5. The Kier molecular flexibility index (Phi) is 1.79. The number of carboxylic acids is 1. The minimum absolute atomic E-state index is 0.0746. The van der Waals surface area contributed by atoms with Gasteiger partial charge in [0.1, 0.15) is 0 Å². The SMILES string of the molecule is Cc1cn2cc(-c3noc(C(=O)O)n3)oc2n1. The molecule has 0 aliphatic carbocycles. The number of aromatic carboxylic acids is 1. The smallest absolute Gasteiger partial charge is 0.394 e. The zero-order valence-electron chi connectivity index (χ0n) is 8.62. The van der Waals surface area contributed by atoms with E-state index in [1.54, 1.807) is 16.8 Å². The lowest BCUT2D eigenvalue weighted by molar-refractivity contribution is 0.0643. The van der Waals surface area contributed by atoms with Crippen molar-refractivity contribution in [2.75, 3.05) is 0 Å². The van der Waals surface area contributed by atoms with Gasteiger partial charge < -0.3 is 14.0 Å². The molecule has 3 aromatic rings. The highest BCUT2D eigenvalue weighted by Crippen LogP contribution is 2.19. The van der Waals surface area contributed by atoms with Gasteiger partial charge in [0.25, 0.3) is 0 Å². The molecule has 8 heteroatoms. The summed E-state index contributed by atoms with van der Waals surface area (Å²) >= 11 is 0. The van der Waals surface area contributed by atoms with Crippen molar-refractivity contribution < 1.29 is 18.8 Å². The number of carboxylic acid groups (broad SMARTS) is 1. The number of oxazole rings is 1. The van der Waals surface area contributed by atoms with Crippen LogP contribution < -0.4 is 0 Å². The summed E-state index contributed by atoms with van der Waals surface area (Å²) in [6.45, 7) is 1.83. The highest BCUT2D eigenvalue weighted by atomic mass is 16.5. The first-order valence-corrected chi connectivity index (χ1v) is 4.66. The highest BCUT2D eigenvalue weighted by molar-refractivity contribution is 5.82. The first kappa shape index (κ1) is 9.58. The lowest BCUT2D eigenvalue weighted by Gasteiger charge is -1.82. The molecule has 0 saturated carbocycles. The largest absolute Gasteiger partial charge is 0.474 e. The van der Waals surface area contributed by atoms with Crippen LogP contribution in [-0.4, -0.2) is 30.6 Å². The average Bonchev–Trinajstić information content (AvgIpc) is 2.87. The van der Waals surface area contributed by atoms with Gasteiger partial charge in [-0.05, 0) is 6.92 Å². The van der Waals surface area contributed by atoms with Gasteiger partial charge in [0, 0.05) is 6.20 Å². The van der Waals surface area contributed by atoms with Crippen LogP contribution in [0.25, 0.3) is 17.4 Å². The number of fused-ring (bicyclic) bond motifs is 1. The molecule has 0 unspecified atom stereocenters. The molecule has 0 aliphatic heterocycles. The lowest BCUT2D eigenvalue weighted by Crippen LogP contribution is -1.95. The van der Waals surface area contributed by atoms with Crippen LogP contribution in [0.15, 0.2) is 21.3 Å². The maximum Gasteiger partial charge on any atom is 0.394 e. The van der Waals surface area contributed by atoms with Crippen molar-refractivity contribution >= 4 is 11.8 Å². The minimum atomic E-state index is -1.28. The molecule has 0 bridgehead atoms. The Labute approximate surface area is 93.5 Å². The molecule has 17 heavy (non-hydrogen) atoms. The fraction of sp³-hybridized carbons (Fsp3) is 0.111. The Balaban J connectivity index is 2.07. The standard InChI is InChI=1S/C9H6N4O4/c1-4-2-13-3-5(16-9(13)10-4)6-11-7(8(14)15)17-12-6/h2-3H,1H3,(H,14,15). The van der Waals surface area contributed by atoms with Gasteiger partial charge in [0.15, 0.2) is 5.76 Å². The van der Waals surface area contributed by atoms with Gasteiger partial charge in [0.2, 0.25) is 5.82 Å². The van der Waals surface area contributed by atoms with Crippen molar-refractivity contribution in [2.24, 2.45) is 0 Å². The van der Waals surface area contributed by atoms with Crippen LogP contribution in [0.4, 0.5) is 0 Å². The van der Waals surface area contributed by atoms with Gasteiger partial charge >= 0.3 is 17.7 Å². The highest BCUT2D eigenvalue weighted by Gasteiger charge is 2.18. The maximum absolute atomic E-state index is 10.6. The van der Waals surface area contributed by atoms with E-state index in [9.17, 15) is 4.79 Å².